The minimum Gasteiger partial charge on any atom is -0.364 e. The summed E-state index contributed by atoms with van der Waals surface area (Å²) in [6.07, 6.45) is -11.0. The monoisotopic (exact) mass is 422 g/mol. The Morgan fingerprint density at radius 3 is 2.21 bits per heavy atom. The molecule has 2 rings (SSSR count). The molecule has 0 bridgehead atoms. The summed E-state index contributed by atoms with van der Waals surface area (Å²) in [6.45, 7) is 6.15. The van der Waals surface area contributed by atoms with Crippen molar-refractivity contribution in [1.29, 1.82) is 0 Å². The van der Waals surface area contributed by atoms with Gasteiger partial charge < -0.3 is 4.90 Å². The highest BCUT2D eigenvalue weighted by Crippen LogP contribution is 2.43. The molecule has 4 atom stereocenters. The molecule has 0 aromatic rings. The Balaban J connectivity index is 2.21. The summed E-state index contributed by atoms with van der Waals surface area (Å²) in [4.78, 5) is 2.07. The highest BCUT2D eigenvalue weighted by atomic mass is 19.4. The van der Waals surface area contributed by atoms with Gasteiger partial charge in [0, 0.05) is 37.7 Å². The van der Waals surface area contributed by atoms with Crippen molar-refractivity contribution in [3.8, 4) is 0 Å². The molecule has 0 aromatic carbocycles. The maximum Gasteiger partial charge on any atom is 0.408 e. The maximum atomic E-state index is 13.7. The molecule has 0 radical (unpaired) electrons. The number of allylic oxidation sites excluding steroid dienone is 1. The topological polar surface area (TPSA) is 6.48 Å². The standard InChI is InChI=1S/C18H26F8N2/c1-11(2)27-7-4-5-13(15(27)18(24,25)26)9-12(3)28-8-6-16(19,20)10-14(28)17(21,22)23/h12-15H,1,4-10H2,2-3H3. The fourth-order valence-corrected chi connectivity index (χ4v) is 4.55. The van der Waals surface area contributed by atoms with Gasteiger partial charge in [-0.15, -0.1) is 0 Å². The number of halogens is 8. The normalized spacial score (nSPS) is 30.9. The molecule has 0 saturated carbocycles. The molecule has 0 aromatic heterocycles. The van der Waals surface area contributed by atoms with Gasteiger partial charge in [0.15, 0.2) is 0 Å². The molecule has 0 amide bonds. The molecule has 4 unspecified atom stereocenters. The van der Waals surface area contributed by atoms with Crippen molar-refractivity contribution in [3.05, 3.63) is 12.3 Å². The fourth-order valence-electron chi connectivity index (χ4n) is 4.55. The predicted molar refractivity (Wildman–Crippen MR) is 88.9 cm³/mol. The summed E-state index contributed by atoms with van der Waals surface area (Å²) >= 11 is 0. The Morgan fingerprint density at radius 2 is 1.71 bits per heavy atom. The number of likely N-dealkylation sites (tertiary alicyclic amines) is 2. The number of hydrogen-bond donors (Lipinski definition) is 0. The Morgan fingerprint density at radius 1 is 1.11 bits per heavy atom. The largest absolute Gasteiger partial charge is 0.408 e. The molecule has 2 aliphatic heterocycles. The van der Waals surface area contributed by atoms with Crippen molar-refractivity contribution >= 4 is 0 Å². The Kier molecular flexibility index (Phi) is 6.63. The van der Waals surface area contributed by atoms with Crippen LogP contribution in [0.25, 0.3) is 0 Å². The molecular formula is C18H26F8N2. The second-order valence-corrected chi connectivity index (χ2v) is 8.01. The molecule has 2 fully saturated rings. The van der Waals surface area contributed by atoms with E-state index >= 15 is 0 Å². The lowest BCUT2D eigenvalue weighted by atomic mass is 9.82. The third-order valence-corrected chi connectivity index (χ3v) is 5.80. The van der Waals surface area contributed by atoms with Gasteiger partial charge in [0.25, 0.3) is 5.92 Å². The summed E-state index contributed by atoms with van der Waals surface area (Å²) < 4.78 is 108. The zero-order valence-corrected chi connectivity index (χ0v) is 15.9. The lowest BCUT2D eigenvalue weighted by Gasteiger charge is -2.47. The first-order chi connectivity index (χ1) is 12.6. The second-order valence-electron chi connectivity index (χ2n) is 8.01. The van der Waals surface area contributed by atoms with Gasteiger partial charge in [-0.1, -0.05) is 6.58 Å². The van der Waals surface area contributed by atoms with Gasteiger partial charge in [-0.05, 0) is 39.0 Å². The van der Waals surface area contributed by atoms with Crippen molar-refractivity contribution in [2.75, 3.05) is 13.1 Å². The van der Waals surface area contributed by atoms with Crippen molar-refractivity contribution in [1.82, 2.24) is 9.80 Å². The van der Waals surface area contributed by atoms with E-state index in [1.807, 2.05) is 0 Å². The third-order valence-electron chi connectivity index (χ3n) is 5.80. The first-order valence-corrected chi connectivity index (χ1v) is 9.32. The zero-order chi connectivity index (χ0) is 21.5. The average molecular weight is 422 g/mol. The summed E-state index contributed by atoms with van der Waals surface area (Å²) in [5, 5.41) is 0. The van der Waals surface area contributed by atoms with Gasteiger partial charge in [0.2, 0.25) is 0 Å². The molecule has 0 spiro atoms. The van der Waals surface area contributed by atoms with E-state index in [1.54, 1.807) is 0 Å². The molecular weight excluding hydrogens is 396 g/mol. The van der Waals surface area contributed by atoms with Crippen molar-refractivity contribution in [2.45, 2.75) is 82.4 Å². The molecule has 10 heteroatoms. The smallest absolute Gasteiger partial charge is 0.364 e. The Labute approximate surface area is 159 Å². The molecule has 0 N–H and O–H groups in total. The lowest BCUT2D eigenvalue weighted by molar-refractivity contribution is -0.228. The molecule has 0 aliphatic carbocycles. The van der Waals surface area contributed by atoms with E-state index in [0.717, 1.165) is 9.80 Å². The van der Waals surface area contributed by atoms with Crippen LogP contribution in [0.1, 0.15) is 46.0 Å². The van der Waals surface area contributed by atoms with E-state index < -0.39 is 61.7 Å². The van der Waals surface area contributed by atoms with Gasteiger partial charge in [0.1, 0.15) is 12.1 Å². The third kappa shape index (κ3) is 5.30. The molecule has 164 valence electrons. The van der Waals surface area contributed by atoms with Crippen LogP contribution >= 0.6 is 0 Å². The second kappa shape index (κ2) is 7.99. The van der Waals surface area contributed by atoms with Crippen LogP contribution < -0.4 is 0 Å². The van der Waals surface area contributed by atoms with Crippen LogP contribution in [-0.4, -0.2) is 59.3 Å². The van der Waals surface area contributed by atoms with Crippen LogP contribution in [0.2, 0.25) is 0 Å². The number of nitrogens with zero attached hydrogens (tertiary/aromatic N) is 2. The van der Waals surface area contributed by atoms with Crippen molar-refractivity contribution in [3.63, 3.8) is 0 Å². The van der Waals surface area contributed by atoms with Crippen LogP contribution in [0.15, 0.2) is 12.3 Å². The number of piperidine rings is 2. The van der Waals surface area contributed by atoms with Crippen LogP contribution in [0.4, 0.5) is 35.1 Å². The molecule has 2 saturated heterocycles. The summed E-state index contributed by atoms with van der Waals surface area (Å²) in [7, 11) is 0. The van der Waals surface area contributed by atoms with Gasteiger partial charge in [0.05, 0.1) is 0 Å². The number of alkyl halides is 8. The van der Waals surface area contributed by atoms with Crippen LogP contribution in [0, 0.1) is 5.92 Å². The first kappa shape index (κ1) is 23.2. The zero-order valence-electron chi connectivity index (χ0n) is 15.9. The summed E-state index contributed by atoms with van der Waals surface area (Å²) in [6, 6.07) is -5.07. The van der Waals surface area contributed by atoms with E-state index in [-0.39, 0.29) is 25.1 Å². The summed E-state index contributed by atoms with van der Waals surface area (Å²) in [5.74, 6) is -4.34. The van der Waals surface area contributed by atoms with Crippen LogP contribution in [0.5, 0.6) is 0 Å². The van der Waals surface area contributed by atoms with Gasteiger partial charge in [-0.3, -0.25) is 4.90 Å². The highest BCUT2D eigenvalue weighted by molar-refractivity contribution is 5.02. The highest BCUT2D eigenvalue weighted by Gasteiger charge is 2.55. The molecule has 28 heavy (non-hydrogen) atoms. The quantitative estimate of drug-likeness (QED) is 0.544. The van der Waals surface area contributed by atoms with Crippen LogP contribution in [0.3, 0.4) is 0 Å². The van der Waals surface area contributed by atoms with Gasteiger partial charge >= 0.3 is 12.4 Å². The van der Waals surface area contributed by atoms with E-state index in [2.05, 4.69) is 6.58 Å². The Hall–Kier alpha value is -1.06. The number of hydrogen-bond acceptors (Lipinski definition) is 2. The maximum absolute atomic E-state index is 13.7. The van der Waals surface area contributed by atoms with Gasteiger partial charge in [-0.25, -0.2) is 8.78 Å². The minimum absolute atomic E-state index is 0.147. The first-order valence-electron chi connectivity index (χ1n) is 9.32. The number of rotatable bonds is 4. The van der Waals surface area contributed by atoms with E-state index in [4.69, 9.17) is 0 Å². The summed E-state index contributed by atoms with van der Waals surface area (Å²) in [5.41, 5.74) is 0.255. The van der Waals surface area contributed by atoms with E-state index in [9.17, 15) is 35.1 Å². The molecule has 2 aliphatic rings. The van der Waals surface area contributed by atoms with E-state index in [0.29, 0.717) is 6.42 Å². The SMILES string of the molecule is C=C(C)N1CCCC(CC(C)N2CCC(F)(F)CC2C(F)(F)F)C1C(F)(F)F. The van der Waals surface area contributed by atoms with Gasteiger partial charge in [-0.2, -0.15) is 26.3 Å². The molecule has 2 nitrogen and oxygen atoms in total. The minimum atomic E-state index is -4.86. The van der Waals surface area contributed by atoms with Crippen LogP contribution in [-0.2, 0) is 0 Å². The van der Waals surface area contributed by atoms with Crippen molar-refractivity contribution < 1.29 is 35.1 Å². The Bertz CT molecular complexity index is 557. The lowest BCUT2D eigenvalue weighted by Crippen LogP contribution is -2.58. The molecule has 2 heterocycles. The van der Waals surface area contributed by atoms with Crippen molar-refractivity contribution in [2.24, 2.45) is 5.92 Å². The van der Waals surface area contributed by atoms with E-state index in [1.165, 1.54) is 13.8 Å². The predicted octanol–water partition coefficient (Wildman–Crippen LogP) is 5.60. The fraction of sp³-hybridized carbons (Fsp3) is 0.889. The average Bonchev–Trinajstić information content (AvgIpc) is 2.51.